The molecule has 80 valence electrons. The van der Waals surface area contributed by atoms with E-state index in [1.807, 2.05) is 7.05 Å². The summed E-state index contributed by atoms with van der Waals surface area (Å²) in [5, 5.41) is 3.34. The van der Waals surface area contributed by atoms with Crippen molar-refractivity contribution in [2.45, 2.75) is 25.2 Å². The lowest BCUT2D eigenvalue weighted by molar-refractivity contribution is 0.434. The number of likely N-dealkylation sites (N-methyl/N-ethyl adjacent to an activating group) is 1. The molecule has 0 bridgehead atoms. The number of allylic oxidation sites excluding steroid dienone is 2. The van der Waals surface area contributed by atoms with Crippen LogP contribution in [0.2, 0.25) is 0 Å². The van der Waals surface area contributed by atoms with E-state index in [1.54, 1.807) is 0 Å². The zero-order valence-electron chi connectivity index (χ0n) is 9.59. The van der Waals surface area contributed by atoms with Gasteiger partial charge in [0.05, 0.1) is 0 Å². The summed E-state index contributed by atoms with van der Waals surface area (Å²) in [6, 6.07) is 8.76. The number of hydrogen-bond donors (Lipinski definition) is 1. The summed E-state index contributed by atoms with van der Waals surface area (Å²) in [7, 11) is 2.04. The zero-order chi connectivity index (χ0) is 10.7. The third-order valence-corrected chi connectivity index (χ3v) is 3.42. The predicted octanol–water partition coefficient (Wildman–Crippen LogP) is 2.80. The minimum Gasteiger partial charge on any atom is -0.319 e. The maximum Gasteiger partial charge on any atom is 0.0149 e. The summed E-state index contributed by atoms with van der Waals surface area (Å²) in [5.41, 5.74) is 3.22. The Labute approximate surface area is 92.2 Å². The first-order valence-electron chi connectivity index (χ1n) is 5.64. The Morgan fingerprint density at radius 1 is 1.20 bits per heavy atom. The van der Waals surface area contributed by atoms with E-state index in [0.29, 0.717) is 5.41 Å². The van der Waals surface area contributed by atoms with Crippen LogP contribution in [-0.4, -0.2) is 13.6 Å². The Hall–Kier alpha value is -1.08. The molecule has 0 spiro atoms. The number of benzene rings is 1. The lowest BCUT2D eigenvalue weighted by atomic mass is 9.76. The minimum atomic E-state index is 0.306. The van der Waals surface area contributed by atoms with Crippen LogP contribution in [0.5, 0.6) is 0 Å². The topological polar surface area (TPSA) is 12.0 Å². The van der Waals surface area contributed by atoms with E-state index in [-0.39, 0.29) is 0 Å². The average molecular weight is 201 g/mol. The maximum absolute atomic E-state index is 3.34. The zero-order valence-corrected chi connectivity index (χ0v) is 9.59. The predicted molar refractivity (Wildman–Crippen MR) is 65.2 cm³/mol. The lowest BCUT2D eigenvalue weighted by Gasteiger charge is -2.31. The molecule has 0 radical (unpaired) electrons. The van der Waals surface area contributed by atoms with Gasteiger partial charge in [0.2, 0.25) is 0 Å². The number of aryl methyl sites for hydroxylation is 1. The monoisotopic (exact) mass is 201 g/mol. The van der Waals surface area contributed by atoms with Crippen LogP contribution in [0.3, 0.4) is 0 Å². The molecule has 1 heteroatoms. The van der Waals surface area contributed by atoms with Gasteiger partial charge in [-0.1, -0.05) is 36.4 Å². The molecule has 1 nitrogen and oxygen atoms in total. The van der Waals surface area contributed by atoms with Crippen molar-refractivity contribution in [3.8, 4) is 0 Å². The van der Waals surface area contributed by atoms with Crippen LogP contribution in [0.15, 0.2) is 36.4 Å². The van der Waals surface area contributed by atoms with Crippen molar-refractivity contribution < 1.29 is 0 Å². The standard InChI is InChI=1S/C14H19N/c1-12-7-3-4-8-13(12)14(11-15-2)9-5-6-10-14/h3-8,15H,9-11H2,1-2H3. The summed E-state index contributed by atoms with van der Waals surface area (Å²) in [4.78, 5) is 0. The van der Waals surface area contributed by atoms with Gasteiger partial charge in [0.1, 0.15) is 0 Å². The Balaban J connectivity index is 2.37. The van der Waals surface area contributed by atoms with Gasteiger partial charge >= 0.3 is 0 Å². The van der Waals surface area contributed by atoms with Crippen LogP contribution >= 0.6 is 0 Å². The van der Waals surface area contributed by atoms with Gasteiger partial charge in [-0.15, -0.1) is 0 Å². The highest BCUT2D eigenvalue weighted by atomic mass is 14.8. The van der Waals surface area contributed by atoms with E-state index in [1.165, 1.54) is 24.0 Å². The van der Waals surface area contributed by atoms with Crippen molar-refractivity contribution in [1.82, 2.24) is 5.32 Å². The molecule has 0 heterocycles. The molecule has 0 unspecified atom stereocenters. The van der Waals surface area contributed by atoms with Crippen LogP contribution < -0.4 is 5.32 Å². The number of nitrogens with one attached hydrogen (secondary N) is 1. The SMILES string of the molecule is CNCC1(c2ccccc2C)CC=CC1. The van der Waals surface area contributed by atoms with Gasteiger partial charge in [-0.05, 0) is 37.9 Å². The van der Waals surface area contributed by atoms with E-state index in [2.05, 4.69) is 48.7 Å². The molecular weight excluding hydrogens is 182 g/mol. The highest BCUT2D eigenvalue weighted by Crippen LogP contribution is 2.37. The number of hydrogen-bond acceptors (Lipinski definition) is 1. The van der Waals surface area contributed by atoms with E-state index in [4.69, 9.17) is 0 Å². The molecule has 0 saturated carbocycles. The molecule has 0 atom stereocenters. The Morgan fingerprint density at radius 2 is 1.87 bits per heavy atom. The van der Waals surface area contributed by atoms with Crippen molar-refractivity contribution in [2.24, 2.45) is 0 Å². The molecule has 0 saturated heterocycles. The Morgan fingerprint density at radius 3 is 2.47 bits per heavy atom. The first-order chi connectivity index (χ1) is 7.28. The minimum absolute atomic E-state index is 0.306. The molecule has 2 rings (SSSR count). The quantitative estimate of drug-likeness (QED) is 0.741. The fourth-order valence-corrected chi connectivity index (χ4v) is 2.67. The van der Waals surface area contributed by atoms with E-state index in [0.717, 1.165) is 6.54 Å². The maximum atomic E-state index is 3.34. The highest BCUT2D eigenvalue weighted by Gasteiger charge is 2.32. The second-order valence-corrected chi connectivity index (χ2v) is 4.51. The summed E-state index contributed by atoms with van der Waals surface area (Å²) >= 11 is 0. The van der Waals surface area contributed by atoms with E-state index in [9.17, 15) is 0 Å². The summed E-state index contributed by atoms with van der Waals surface area (Å²) in [6.07, 6.45) is 6.95. The summed E-state index contributed by atoms with van der Waals surface area (Å²) in [6.45, 7) is 3.27. The largest absolute Gasteiger partial charge is 0.319 e. The van der Waals surface area contributed by atoms with Crippen molar-refractivity contribution in [2.75, 3.05) is 13.6 Å². The van der Waals surface area contributed by atoms with Crippen molar-refractivity contribution in [3.05, 3.63) is 47.5 Å². The van der Waals surface area contributed by atoms with E-state index >= 15 is 0 Å². The van der Waals surface area contributed by atoms with Gasteiger partial charge < -0.3 is 5.32 Å². The molecule has 1 aliphatic rings. The van der Waals surface area contributed by atoms with Gasteiger partial charge in [-0.3, -0.25) is 0 Å². The molecule has 0 amide bonds. The molecule has 1 aromatic rings. The molecule has 0 fully saturated rings. The first kappa shape index (κ1) is 10.4. The lowest BCUT2D eigenvalue weighted by Crippen LogP contribution is -2.35. The average Bonchev–Trinajstić information content (AvgIpc) is 2.69. The third kappa shape index (κ3) is 1.84. The van der Waals surface area contributed by atoms with Crippen molar-refractivity contribution in [3.63, 3.8) is 0 Å². The van der Waals surface area contributed by atoms with Crippen molar-refractivity contribution in [1.29, 1.82) is 0 Å². The van der Waals surface area contributed by atoms with Crippen LogP contribution in [0.4, 0.5) is 0 Å². The van der Waals surface area contributed by atoms with Gasteiger partial charge in [-0.25, -0.2) is 0 Å². The molecule has 0 aromatic heterocycles. The summed E-state index contributed by atoms with van der Waals surface area (Å²) < 4.78 is 0. The molecule has 1 N–H and O–H groups in total. The molecule has 1 aliphatic carbocycles. The Kier molecular flexibility index (Phi) is 2.92. The second kappa shape index (κ2) is 4.19. The first-order valence-corrected chi connectivity index (χ1v) is 5.64. The van der Waals surface area contributed by atoms with Gasteiger partial charge in [0.25, 0.3) is 0 Å². The number of rotatable bonds is 3. The third-order valence-electron chi connectivity index (χ3n) is 3.42. The van der Waals surface area contributed by atoms with E-state index < -0.39 is 0 Å². The highest BCUT2D eigenvalue weighted by molar-refractivity contribution is 5.37. The molecule has 1 aromatic carbocycles. The normalized spacial score (nSPS) is 18.3. The Bertz CT molecular complexity index is 357. The van der Waals surface area contributed by atoms with Crippen LogP contribution in [-0.2, 0) is 5.41 Å². The van der Waals surface area contributed by atoms with Gasteiger partial charge in [0.15, 0.2) is 0 Å². The molecule has 15 heavy (non-hydrogen) atoms. The smallest absolute Gasteiger partial charge is 0.0149 e. The van der Waals surface area contributed by atoms with Gasteiger partial charge in [-0.2, -0.15) is 0 Å². The fraction of sp³-hybridized carbons (Fsp3) is 0.429. The molecule has 0 aliphatic heterocycles. The fourth-order valence-electron chi connectivity index (χ4n) is 2.67. The van der Waals surface area contributed by atoms with Gasteiger partial charge in [0, 0.05) is 12.0 Å². The molecular formula is C14H19N. The van der Waals surface area contributed by atoms with Crippen LogP contribution in [0.1, 0.15) is 24.0 Å². The van der Waals surface area contributed by atoms with Crippen LogP contribution in [0, 0.1) is 6.92 Å². The summed E-state index contributed by atoms with van der Waals surface area (Å²) in [5.74, 6) is 0. The van der Waals surface area contributed by atoms with Crippen LogP contribution in [0.25, 0.3) is 0 Å². The second-order valence-electron chi connectivity index (χ2n) is 4.51. The van der Waals surface area contributed by atoms with Crippen molar-refractivity contribution >= 4 is 0 Å².